The Morgan fingerprint density at radius 3 is 2.52 bits per heavy atom. The first-order valence-corrected chi connectivity index (χ1v) is 16.6. The summed E-state index contributed by atoms with van der Waals surface area (Å²) in [7, 11) is -2.54. The molecule has 0 atom stereocenters. The van der Waals surface area contributed by atoms with Crippen LogP contribution in [0, 0.1) is 23.2 Å². The Labute approximate surface area is 256 Å². The number of pyridine rings is 2. The fourth-order valence-electron chi connectivity index (χ4n) is 6.05. The number of rotatable bonds is 9. The molecule has 44 heavy (non-hydrogen) atoms. The number of hydrogen-bond donors (Lipinski definition) is 1. The number of fused-ring (bicyclic) bond motifs is 1. The number of amides is 1. The molecule has 2 fully saturated rings. The highest BCUT2D eigenvalue weighted by Gasteiger charge is 2.33. The summed E-state index contributed by atoms with van der Waals surface area (Å²) in [5.74, 6) is 0.544. The third-order valence-electron chi connectivity index (χ3n) is 8.52. The van der Waals surface area contributed by atoms with E-state index < -0.39 is 15.9 Å². The van der Waals surface area contributed by atoms with Crippen molar-refractivity contribution in [3.8, 4) is 22.9 Å². The van der Waals surface area contributed by atoms with Crippen molar-refractivity contribution in [2.24, 2.45) is 11.8 Å². The maximum absolute atomic E-state index is 13.4. The van der Waals surface area contributed by atoms with Crippen molar-refractivity contribution < 1.29 is 17.9 Å². The predicted octanol–water partition coefficient (Wildman–Crippen LogP) is 4.44. The van der Waals surface area contributed by atoms with Crippen LogP contribution >= 0.6 is 0 Å². The first kappa shape index (κ1) is 29.7. The summed E-state index contributed by atoms with van der Waals surface area (Å²) in [6.45, 7) is 3.71. The Kier molecular flexibility index (Phi) is 8.33. The minimum Gasteiger partial charge on any atom is -0.384 e. The minimum absolute atomic E-state index is 0.0400. The zero-order valence-corrected chi connectivity index (χ0v) is 25.6. The van der Waals surface area contributed by atoms with Gasteiger partial charge in [-0.05, 0) is 67.5 Å². The molecule has 4 heterocycles. The number of carbonyl (C=O) groups is 1. The van der Waals surface area contributed by atoms with Crippen molar-refractivity contribution in [1.82, 2.24) is 24.5 Å². The fraction of sp³-hybridized carbons (Fsp3) is 0.406. The number of methoxy groups -OCH3 is 1. The third-order valence-corrected chi connectivity index (χ3v) is 9.72. The molecule has 1 saturated carbocycles. The van der Waals surface area contributed by atoms with Crippen LogP contribution in [0.5, 0.6) is 0 Å². The molecule has 6 rings (SSSR count). The molecule has 3 aromatic heterocycles. The highest BCUT2D eigenvalue weighted by molar-refractivity contribution is 7.90. The van der Waals surface area contributed by atoms with Crippen LogP contribution in [0.4, 0.5) is 5.82 Å². The number of anilines is 1. The third kappa shape index (κ3) is 6.02. The molecule has 0 unspecified atom stereocenters. The quantitative estimate of drug-likeness (QED) is 0.290. The average Bonchev–Trinajstić information content (AvgIpc) is 3.41. The number of carbonyl (C=O) groups excluding carboxylic acids is 1. The molecule has 2 aliphatic rings. The van der Waals surface area contributed by atoms with Gasteiger partial charge in [-0.25, -0.2) is 27.8 Å². The second-order valence-corrected chi connectivity index (χ2v) is 13.5. The highest BCUT2D eigenvalue weighted by Crippen LogP contribution is 2.45. The van der Waals surface area contributed by atoms with E-state index in [0.29, 0.717) is 17.1 Å². The highest BCUT2D eigenvalue weighted by atomic mass is 32.2. The number of para-hydroxylation sites is 1. The molecular formula is C32H35N7O4S. The topological polar surface area (TPSA) is 143 Å². The lowest BCUT2D eigenvalue weighted by atomic mass is 9.73. The lowest BCUT2D eigenvalue weighted by molar-refractivity contribution is 0.0976. The van der Waals surface area contributed by atoms with Gasteiger partial charge in [0.2, 0.25) is 10.0 Å². The number of aromatic nitrogens is 4. The van der Waals surface area contributed by atoms with Gasteiger partial charge in [0.1, 0.15) is 11.5 Å². The summed E-state index contributed by atoms with van der Waals surface area (Å²) in [6.07, 6.45) is 5.38. The van der Waals surface area contributed by atoms with E-state index in [4.69, 9.17) is 19.8 Å². The Bertz CT molecular complexity index is 1800. The molecule has 12 heteroatoms. The minimum atomic E-state index is -3.94. The van der Waals surface area contributed by atoms with Crippen LogP contribution in [-0.2, 0) is 14.8 Å². The molecule has 1 aliphatic heterocycles. The van der Waals surface area contributed by atoms with Crippen molar-refractivity contribution in [3.05, 3.63) is 66.1 Å². The van der Waals surface area contributed by atoms with Crippen LogP contribution in [0.1, 0.15) is 54.7 Å². The first-order chi connectivity index (χ1) is 21.3. The Balaban J connectivity index is 1.47. The zero-order chi connectivity index (χ0) is 30.8. The number of ether oxygens (including phenoxy) is 1. The maximum atomic E-state index is 13.4. The molecule has 1 N–H and O–H groups in total. The van der Waals surface area contributed by atoms with Gasteiger partial charge in [-0.2, -0.15) is 10.4 Å². The Morgan fingerprint density at radius 2 is 1.89 bits per heavy atom. The molecule has 11 nitrogen and oxygen atoms in total. The maximum Gasteiger partial charge on any atom is 0.283 e. The number of sulfonamides is 1. The van der Waals surface area contributed by atoms with E-state index in [1.165, 1.54) is 7.11 Å². The number of piperidine rings is 1. The molecule has 4 aromatic rings. The summed E-state index contributed by atoms with van der Waals surface area (Å²) < 4.78 is 34.0. The van der Waals surface area contributed by atoms with Crippen LogP contribution in [0.2, 0.25) is 0 Å². The van der Waals surface area contributed by atoms with E-state index in [9.17, 15) is 18.5 Å². The van der Waals surface area contributed by atoms with Gasteiger partial charge in [0.25, 0.3) is 5.91 Å². The molecule has 1 saturated heterocycles. The first-order valence-electron chi connectivity index (χ1n) is 14.9. The fourth-order valence-corrected chi connectivity index (χ4v) is 6.93. The molecule has 0 spiro atoms. The second-order valence-electron chi connectivity index (χ2n) is 11.7. The van der Waals surface area contributed by atoms with Gasteiger partial charge in [-0.15, -0.1) is 0 Å². The van der Waals surface area contributed by atoms with Gasteiger partial charge in [0.15, 0.2) is 5.65 Å². The van der Waals surface area contributed by atoms with Crippen LogP contribution in [0.25, 0.3) is 27.8 Å². The van der Waals surface area contributed by atoms with E-state index in [1.807, 2.05) is 42.5 Å². The summed E-state index contributed by atoms with van der Waals surface area (Å²) in [6, 6.07) is 17.5. The summed E-state index contributed by atoms with van der Waals surface area (Å²) in [5, 5.41) is 15.2. The summed E-state index contributed by atoms with van der Waals surface area (Å²) in [4.78, 5) is 25.1. The standard InChI is InChI=1S/C32H35N7O4S/c1-21-16-24(17-21)30-29-26(23-8-9-28(34-20-23)38-12-10-22(19-33)11-13-38)18-27(32(40)37-44(41,42)15-14-43-2)35-31(29)39(36-30)25-6-4-3-5-7-25/h3-9,18,20-22,24H,10-17H2,1-2H3,(H,37,40). The number of nitrogens with zero attached hydrogens (tertiary/aromatic N) is 6. The Morgan fingerprint density at radius 1 is 1.14 bits per heavy atom. The largest absolute Gasteiger partial charge is 0.384 e. The van der Waals surface area contributed by atoms with Crippen LogP contribution < -0.4 is 9.62 Å². The number of nitriles is 1. The molecular weight excluding hydrogens is 578 g/mol. The van der Waals surface area contributed by atoms with Crippen LogP contribution in [0.15, 0.2) is 54.7 Å². The number of hydrogen-bond acceptors (Lipinski definition) is 9. The van der Waals surface area contributed by atoms with Gasteiger partial charge in [0, 0.05) is 43.8 Å². The monoisotopic (exact) mass is 613 g/mol. The van der Waals surface area contributed by atoms with Crippen molar-refractivity contribution in [1.29, 1.82) is 5.26 Å². The number of benzene rings is 1. The lowest BCUT2D eigenvalue weighted by Crippen LogP contribution is -2.34. The van der Waals surface area contributed by atoms with E-state index in [-0.39, 0.29) is 29.9 Å². The second kappa shape index (κ2) is 12.3. The molecule has 1 amide bonds. The van der Waals surface area contributed by atoms with Crippen molar-refractivity contribution in [3.63, 3.8) is 0 Å². The SMILES string of the molecule is COCCS(=O)(=O)NC(=O)c1cc(-c2ccc(N3CCC(C#N)CC3)nc2)c2c(C3CC(C)C3)nn(-c3ccccc3)c2n1. The molecule has 0 bridgehead atoms. The predicted molar refractivity (Wildman–Crippen MR) is 167 cm³/mol. The van der Waals surface area contributed by atoms with Gasteiger partial charge < -0.3 is 9.64 Å². The van der Waals surface area contributed by atoms with E-state index in [1.54, 1.807) is 16.9 Å². The van der Waals surface area contributed by atoms with Crippen LogP contribution in [-0.4, -0.2) is 66.6 Å². The summed E-state index contributed by atoms with van der Waals surface area (Å²) in [5.41, 5.74) is 3.62. The van der Waals surface area contributed by atoms with Gasteiger partial charge >= 0.3 is 0 Å². The zero-order valence-electron chi connectivity index (χ0n) is 24.8. The normalized spacial score (nSPS) is 19.0. The van der Waals surface area contributed by atoms with Crippen molar-refractivity contribution in [2.75, 3.05) is 37.5 Å². The Hall–Kier alpha value is -4.34. The van der Waals surface area contributed by atoms with Crippen molar-refractivity contribution in [2.45, 2.75) is 38.5 Å². The van der Waals surface area contributed by atoms with E-state index in [2.05, 4.69) is 22.6 Å². The molecule has 1 aromatic carbocycles. The average molecular weight is 614 g/mol. The van der Waals surface area contributed by atoms with Crippen molar-refractivity contribution >= 4 is 32.8 Å². The molecule has 0 radical (unpaired) electrons. The van der Waals surface area contributed by atoms with Gasteiger partial charge in [0.05, 0.1) is 35.2 Å². The number of nitrogens with one attached hydrogen (secondary N) is 1. The van der Waals surface area contributed by atoms with E-state index >= 15 is 0 Å². The summed E-state index contributed by atoms with van der Waals surface area (Å²) >= 11 is 0. The van der Waals surface area contributed by atoms with Gasteiger partial charge in [-0.1, -0.05) is 25.1 Å². The van der Waals surface area contributed by atoms with Gasteiger partial charge in [-0.3, -0.25) is 4.79 Å². The molecule has 1 aliphatic carbocycles. The molecule has 228 valence electrons. The van der Waals surface area contributed by atoms with Crippen LogP contribution in [0.3, 0.4) is 0 Å². The lowest BCUT2D eigenvalue weighted by Gasteiger charge is -2.31. The van der Waals surface area contributed by atoms with E-state index in [0.717, 1.165) is 66.9 Å². The smallest absolute Gasteiger partial charge is 0.283 e.